The lowest BCUT2D eigenvalue weighted by atomic mass is 9.95. The lowest BCUT2D eigenvalue weighted by molar-refractivity contribution is -0.144. The highest BCUT2D eigenvalue weighted by molar-refractivity contribution is 7.91. The number of nitrogens with one attached hydrogen (secondary N) is 1. The van der Waals surface area contributed by atoms with Crippen molar-refractivity contribution in [2.45, 2.75) is 38.1 Å². The molecule has 1 atom stereocenters. The van der Waals surface area contributed by atoms with Crippen LogP contribution in [0.2, 0.25) is 0 Å². The zero-order chi connectivity index (χ0) is 15.2. The number of rotatable bonds is 7. The lowest BCUT2D eigenvalue weighted by Gasteiger charge is -2.25. The van der Waals surface area contributed by atoms with Gasteiger partial charge in [0.2, 0.25) is 0 Å². The van der Waals surface area contributed by atoms with Crippen LogP contribution in [0, 0.1) is 0 Å². The van der Waals surface area contributed by atoms with Crippen molar-refractivity contribution in [2.24, 2.45) is 0 Å². The number of likely N-dealkylation sites (N-methyl/N-ethyl adjacent to an activating group) is 1. The van der Waals surface area contributed by atoms with E-state index < -0.39 is 21.3 Å². The van der Waals surface area contributed by atoms with Crippen LogP contribution in [0.5, 0.6) is 0 Å². The van der Waals surface area contributed by atoms with Gasteiger partial charge in [0.25, 0.3) is 0 Å². The normalized spacial score (nSPS) is 22.9. The predicted molar refractivity (Wildman–Crippen MR) is 78.7 cm³/mol. The Morgan fingerprint density at radius 1 is 1.30 bits per heavy atom. The maximum absolute atomic E-state index is 11.5. The number of aliphatic carboxylic acids is 1. The van der Waals surface area contributed by atoms with Crippen LogP contribution < -0.4 is 5.32 Å². The van der Waals surface area contributed by atoms with E-state index in [9.17, 15) is 13.2 Å². The summed E-state index contributed by atoms with van der Waals surface area (Å²) in [5.41, 5.74) is -0.873. The van der Waals surface area contributed by atoms with Crippen molar-refractivity contribution < 1.29 is 18.3 Å². The number of carboxylic acids is 1. The van der Waals surface area contributed by atoms with Crippen LogP contribution in [-0.4, -0.2) is 68.1 Å². The Bertz CT molecular complexity index is 424. The van der Waals surface area contributed by atoms with Crippen LogP contribution in [0.4, 0.5) is 0 Å². The smallest absolute Gasteiger partial charge is 0.323 e. The Kier molecular flexibility index (Phi) is 6.42. The molecule has 0 bridgehead atoms. The van der Waals surface area contributed by atoms with Crippen LogP contribution >= 0.6 is 0 Å². The average Bonchev–Trinajstić information content (AvgIpc) is 2.55. The summed E-state index contributed by atoms with van der Waals surface area (Å²) in [6.07, 6.45) is 2.98. The molecule has 20 heavy (non-hydrogen) atoms. The molecule has 1 unspecified atom stereocenters. The first-order valence-electron chi connectivity index (χ1n) is 7.14. The topological polar surface area (TPSA) is 86.7 Å². The largest absolute Gasteiger partial charge is 0.480 e. The Hall–Kier alpha value is -0.660. The van der Waals surface area contributed by atoms with E-state index in [4.69, 9.17) is 5.11 Å². The van der Waals surface area contributed by atoms with Crippen LogP contribution in [0.15, 0.2) is 0 Å². The van der Waals surface area contributed by atoms with E-state index >= 15 is 0 Å². The van der Waals surface area contributed by atoms with E-state index in [1.807, 2.05) is 0 Å². The highest BCUT2D eigenvalue weighted by Gasteiger charge is 2.30. The van der Waals surface area contributed by atoms with Crippen molar-refractivity contribution in [3.63, 3.8) is 0 Å². The van der Waals surface area contributed by atoms with Gasteiger partial charge in [0, 0.05) is 6.54 Å². The second-order valence-electron chi connectivity index (χ2n) is 5.69. The molecule has 118 valence electrons. The summed E-state index contributed by atoms with van der Waals surface area (Å²) in [5.74, 6) is -0.294. The van der Waals surface area contributed by atoms with Crippen molar-refractivity contribution in [1.29, 1.82) is 0 Å². The molecule has 0 radical (unpaired) electrons. The predicted octanol–water partition coefficient (Wildman–Crippen LogP) is 0.340. The van der Waals surface area contributed by atoms with Crippen molar-refractivity contribution in [3.05, 3.63) is 0 Å². The molecule has 0 aromatic rings. The highest BCUT2D eigenvalue weighted by atomic mass is 32.2. The summed E-state index contributed by atoms with van der Waals surface area (Å²) in [6.45, 7) is 3.95. The van der Waals surface area contributed by atoms with Crippen molar-refractivity contribution in [3.8, 4) is 0 Å². The number of sulfone groups is 1. The molecule has 1 heterocycles. The Labute approximate surface area is 121 Å². The molecule has 1 aliphatic rings. The molecule has 7 heteroatoms. The minimum atomic E-state index is -2.85. The molecule has 2 N–H and O–H groups in total. The molecule has 0 aromatic carbocycles. The van der Waals surface area contributed by atoms with Crippen LogP contribution in [0.3, 0.4) is 0 Å². The molecule has 6 nitrogen and oxygen atoms in total. The maximum Gasteiger partial charge on any atom is 0.323 e. The van der Waals surface area contributed by atoms with Gasteiger partial charge >= 0.3 is 5.97 Å². The maximum atomic E-state index is 11.5. The molecule has 0 spiro atoms. The van der Waals surface area contributed by atoms with Crippen LogP contribution in [-0.2, 0) is 14.6 Å². The Morgan fingerprint density at radius 3 is 2.60 bits per heavy atom. The summed E-state index contributed by atoms with van der Waals surface area (Å²) >= 11 is 0. The van der Waals surface area contributed by atoms with E-state index in [1.165, 1.54) is 0 Å². The molecule has 1 rings (SSSR count). The number of hydrogen-bond donors (Lipinski definition) is 2. The lowest BCUT2D eigenvalue weighted by Crippen LogP contribution is -2.47. The fourth-order valence-corrected chi connectivity index (χ4v) is 3.68. The number of hydrogen-bond acceptors (Lipinski definition) is 5. The van der Waals surface area contributed by atoms with Gasteiger partial charge < -0.3 is 15.3 Å². The van der Waals surface area contributed by atoms with Crippen molar-refractivity contribution >= 4 is 15.8 Å². The standard InChI is InChI=1S/C13H26N2O4S/c1-13(14-2,12(16)17)6-3-4-7-15-8-5-10-20(18,19)11-9-15/h14H,3-11H2,1-2H3,(H,16,17). The van der Waals surface area contributed by atoms with Crippen molar-refractivity contribution in [1.82, 2.24) is 10.2 Å². The third-order valence-corrected chi connectivity index (χ3v) is 5.79. The fourth-order valence-electron chi connectivity index (χ4n) is 2.37. The molecular formula is C13H26N2O4S. The van der Waals surface area contributed by atoms with E-state index in [-0.39, 0.29) is 5.75 Å². The number of nitrogens with zero attached hydrogens (tertiary/aromatic N) is 1. The summed E-state index contributed by atoms with van der Waals surface area (Å²) in [7, 11) is -1.19. The summed E-state index contributed by atoms with van der Waals surface area (Å²) in [4.78, 5) is 13.3. The van der Waals surface area contributed by atoms with E-state index in [0.29, 0.717) is 25.1 Å². The summed E-state index contributed by atoms with van der Waals surface area (Å²) in [5, 5.41) is 12.0. The zero-order valence-electron chi connectivity index (χ0n) is 12.4. The third-order valence-electron chi connectivity index (χ3n) is 4.07. The van der Waals surface area contributed by atoms with E-state index in [2.05, 4.69) is 10.2 Å². The fraction of sp³-hybridized carbons (Fsp3) is 0.923. The molecule has 0 aliphatic carbocycles. The second kappa shape index (κ2) is 7.38. The monoisotopic (exact) mass is 306 g/mol. The highest BCUT2D eigenvalue weighted by Crippen LogP contribution is 2.14. The van der Waals surface area contributed by atoms with Gasteiger partial charge in [0.05, 0.1) is 11.5 Å². The quantitative estimate of drug-likeness (QED) is 0.660. The second-order valence-corrected chi connectivity index (χ2v) is 8.00. The van der Waals surface area contributed by atoms with Crippen molar-refractivity contribution in [2.75, 3.05) is 38.2 Å². The summed E-state index contributed by atoms with van der Waals surface area (Å²) < 4.78 is 23.0. The first-order valence-corrected chi connectivity index (χ1v) is 8.96. The Morgan fingerprint density at radius 2 is 2.00 bits per heavy atom. The van der Waals surface area contributed by atoms with Gasteiger partial charge in [0.1, 0.15) is 5.54 Å². The van der Waals surface area contributed by atoms with Gasteiger partial charge in [-0.15, -0.1) is 0 Å². The number of unbranched alkanes of at least 4 members (excludes halogenated alkanes) is 1. The number of carboxylic acid groups (broad SMARTS) is 1. The zero-order valence-corrected chi connectivity index (χ0v) is 13.2. The minimum absolute atomic E-state index is 0.246. The van der Waals surface area contributed by atoms with Gasteiger partial charge in [-0.3, -0.25) is 4.79 Å². The van der Waals surface area contributed by atoms with Gasteiger partial charge in [-0.2, -0.15) is 0 Å². The molecular weight excluding hydrogens is 280 g/mol. The molecule has 0 amide bonds. The summed E-state index contributed by atoms with van der Waals surface area (Å²) in [6, 6.07) is 0. The van der Waals surface area contributed by atoms with E-state index in [0.717, 1.165) is 25.9 Å². The SMILES string of the molecule is CNC(C)(CCCCN1CCCS(=O)(=O)CC1)C(=O)O. The number of carbonyl (C=O) groups is 1. The molecule has 1 saturated heterocycles. The van der Waals surface area contributed by atoms with Crippen LogP contribution in [0.25, 0.3) is 0 Å². The average molecular weight is 306 g/mol. The van der Waals surface area contributed by atoms with Gasteiger partial charge in [-0.05, 0) is 52.7 Å². The first-order chi connectivity index (χ1) is 9.29. The third kappa shape index (κ3) is 5.38. The molecule has 1 fully saturated rings. The van der Waals surface area contributed by atoms with Gasteiger partial charge in [0.15, 0.2) is 9.84 Å². The minimum Gasteiger partial charge on any atom is -0.480 e. The Balaban J connectivity index is 2.29. The molecule has 0 saturated carbocycles. The van der Waals surface area contributed by atoms with E-state index in [1.54, 1.807) is 14.0 Å². The molecule has 1 aliphatic heterocycles. The van der Waals surface area contributed by atoms with Crippen LogP contribution in [0.1, 0.15) is 32.6 Å². The van der Waals surface area contributed by atoms with Gasteiger partial charge in [-0.1, -0.05) is 0 Å². The van der Waals surface area contributed by atoms with Gasteiger partial charge in [-0.25, -0.2) is 8.42 Å². The first kappa shape index (κ1) is 17.4. The molecule has 0 aromatic heterocycles.